The third-order valence-corrected chi connectivity index (χ3v) is 6.72. The minimum absolute atomic E-state index is 0.210. The van der Waals surface area contributed by atoms with Gasteiger partial charge in [-0.25, -0.2) is 4.79 Å². The first-order valence-corrected chi connectivity index (χ1v) is 12.7. The molecule has 4 heteroatoms. The minimum atomic E-state index is -1.68. The molecular weight excluding hydrogens is 460 g/mol. The highest BCUT2D eigenvalue weighted by atomic mass is 16.5. The normalized spacial score (nSPS) is 16.4. The number of fused-ring (bicyclic) bond motifs is 1. The Morgan fingerprint density at radius 1 is 0.838 bits per heavy atom. The summed E-state index contributed by atoms with van der Waals surface area (Å²) in [6.07, 6.45) is 1.79. The van der Waals surface area contributed by atoms with Crippen molar-refractivity contribution < 1.29 is 19.4 Å². The number of hydrogen-bond donors (Lipinski definition) is 1. The standard InChI is InChI=1S/C33H30O4/c1-2-36-32(34)31-30(25-16-8-4-9-17-25)28-21-20-27(37-22-12-15-24-13-6-3-7-14-24)23-29(28)33(31,35)26-18-10-5-11-19-26/h3-11,13-14,16-21,23,35H,2,12,15,22H2,1H3. The molecule has 0 fully saturated rings. The first-order chi connectivity index (χ1) is 18.1. The van der Waals surface area contributed by atoms with Gasteiger partial charge in [0.1, 0.15) is 11.4 Å². The van der Waals surface area contributed by atoms with Crippen LogP contribution < -0.4 is 4.74 Å². The number of ether oxygens (including phenoxy) is 2. The molecule has 1 aliphatic carbocycles. The summed E-state index contributed by atoms with van der Waals surface area (Å²) in [4.78, 5) is 13.4. The van der Waals surface area contributed by atoms with Gasteiger partial charge in [0.25, 0.3) is 0 Å². The van der Waals surface area contributed by atoms with Gasteiger partial charge >= 0.3 is 5.97 Å². The molecule has 0 radical (unpaired) electrons. The van der Waals surface area contributed by atoms with Crippen LogP contribution in [0.4, 0.5) is 0 Å². The smallest absolute Gasteiger partial charge is 0.338 e. The van der Waals surface area contributed by atoms with E-state index < -0.39 is 11.6 Å². The molecule has 4 nitrogen and oxygen atoms in total. The predicted octanol–water partition coefficient (Wildman–Crippen LogP) is 6.31. The average molecular weight is 491 g/mol. The van der Waals surface area contributed by atoms with Crippen molar-refractivity contribution in [2.75, 3.05) is 13.2 Å². The molecule has 0 saturated heterocycles. The topological polar surface area (TPSA) is 55.8 Å². The Morgan fingerprint density at radius 3 is 2.16 bits per heavy atom. The Kier molecular flexibility index (Phi) is 7.20. The molecule has 1 N–H and O–H groups in total. The Hall–Kier alpha value is -4.15. The second-order valence-electron chi connectivity index (χ2n) is 9.06. The van der Waals surface area contributed by atoms with Crippen LogP contribution in [0.15, 0.2) is 115 Å². The number of aryl methyl sites for hydroxylation is 1. The maximum atomic E-state index is 13.4. The Morgan fingerprint density at radius 2 is 1.49 bits per heavy atom. The van der Waals surface area contributed by atoms with Crippen molar-refractivity contribution in [3.63, 3.8) is 0 Å². The second-order valence-corrected chi connectivity index (χ2v) is 9.06. The number of benzene rings is 4. The van der Waals surface area contributed by atoms with E-state index in [1.807, 2.05) is 97.1 Å². The van der Waals surface area contributed by atoms with Crippen molar-refractivity contribution in [1.82, 2.24) is 0 Å². The van der Waals surface area contributed by atoms with Gasteiger partial charge in [-0.1, -0.05) is 97.1 Å². The number of rotatable bonds is 9. The summed E-state index contributed by atoms with van der Waals surface area (Å²) in [6, 6.07) is 35.0. The lowest BCUT2D eigenvalue weighted by Gasteiger charge is -2.28. The molecule has 37 heavy (non-hydrogen) atoms. The molecule has 0 bridgehead atoms. The third-order valence-electron chi connectivity index (χ3n) is 6.72. The first-order valence-electron chi connectivity index (χ1n) is 12.7. The lowest BCUT2D eigenvalue weighted by atomic mass is 9.83. The number of carbonyl (C=O) groups excluding carboxylic acids is 1. The third kappa shape index (κ3) is 4.81. The summed E-state index contributed by atoms with van der Waals surface area (Å²) in [5, 5.41) is 12.4. The molecule has 1 unspecified atom stereocenters. The number of aliphatic hydroxyl groups is 1. The van der Waals surface area contributed by atoms with Gasteiger partial charge in [-0.3, -0.25) is 0 Å². The van der Waals surface area contributed by atoms with E-state index in [2.05, 4.69) is 12.1 Å². The molecule has 0 heterocycles. The highest BCUT2D eigenvalue weighted by molar-refractivity contribution is 6.08. The summed E-state index contributed by atoms with van der Waals surface area (Å²) >= 11 is 0. The van der Waals surface area contributed by atoms with E-state index in [1.54, 1.807) is 6.92 Å². The van der Waals surface area contributed by atoms with Crippen LogP contribution in [0.25, 0.3) is 5.57 Å². The van der Waals surface area contributed by atoms with Crippen LogP contribution in [0.3, 0.4) is 0 Å². The molecule has 1 aliphatic rings. The maximum absolute atomic E-state index is 13.4. The lowest BCUT2D eigenvalue weighted by molar-refractivity contribution is -0.140. The van der Waals surface area contributed by atoms with Gasteiger partial charge in [0.2, 0.25) is 0 Å². The van der Waals surface area contributed by atoms with Gasteiger partial charge < -0.3 is 14.6 Å². The summed E-state index contributed by atoms with van der Waals surface area (Å²) in [5.41, 5.74) is 3.34. The van der Waals surface area contributed by atoms with Crippen LogP contribution in [-0.4, -0.2) is 24.3 Å². The molecule has 0 amide bonds. The van der Waals surface area contributed by atoms with E-state index in [-0.39, 0.29) is 12.2 Å². The highest BCUT2D eigenvalue weighted by Gasteiger charge is 2.49. The summed E-state index contributed by atoms with van der Waals surface area (Å²) in [5.74, 6) is 0.118. The van der Waals surface area contributed by atoms with Gasteiger partial charge in [-0.05, 0) is 54.2 Å². The van der Waals surface area contributed by atoms with Crippen molar-refractivity contribution in [2.24, 2.45) is 0 Å². The van der Waals surface area contributed by atoms with Gasteiger partial charge in [-0.15, -0.1) is 0 Å². The highest BCUT2D eigenvalue weighted by Crippen LogP contribution is 2.52. The molecule has 4 aromatic rings. The molecule has 186 valence electrons. The summed E-state index contributed by atoms with van der Waals surface area (Å²) in [6.45, 7) is 2.52. The van der Waals surface area contributed by atoms with Crippen molar-refractivity contribution in [2.45, 2.75) is 25.4 Å². The van der Waals surface area contributed by atoms with Crippen LogP contribution in [0.2, 0.25) is 0 Å². The first kappa shape index (κ1) is 24.5. The van der Waals surface area contributed by atoms with Crippen molar-refractivity contribution in [3.8, 4) is 5.75 Å². The zero-order valence-corrected chi connectivity index (χ0v) is 20.9. The van der Waals surface area contributed by atoms with Crippen LogP contribution in [0, 0.1) is 0 Å². The zero-order chi connectivity index (χ0) is 25.7. The van der Waals surface area contributed by atoms with Crippen molar-refractivity contribution in [1.29, 1.82) is 0 Å². The molecule has 1 atom stereocenters. The fraction of sp³-hybridized carbons (Fsp3) is 0.182. The molecule has 0 spiro atoms. The summed E-state index contributed by atoms with van der Waals surface area (Å²) in [7, 11) is 0. The number of hydrogen-bond acceptors (Lipinski definition) is 4. The van der Waals surface area contributed by atoms with E-state index in [0.29, 0.717) is 29.1 Å². The van der Waals surface area contributed by atoms with Crippen LogP contribution >= 0.6 is 0 Å². The van der Waals surface area contributed by atoms with E-state index in [9.17, 15) is 9.90 Å². The van der Waals surface area contributed by atoms with E-state index >= 15 is 0 Å². The SMILES string of the molecule is CCOC(=O)C1=C(c2ccccc2)c2ccc(OCCCc3ccccc3)cc2C1(O)c1ccccc1. The molecule has 4 aromatic carbocycles. The second kappa shape index (κ2) is 10.9. The predicted molar refractivity (Wildman–Crippen MR) is 145 cm³/mol. The van der Waals surface area contributed by atoms with Crippen LogP contribution in [0.1, 0.15) is 41.2 Å². The summed E-state index contributed by atoms with van der Waals surface area (Å²) < 4.78 is 11.6. The van der Waals surface area contributed by atoms with Crippen molar-refractivity contribution in [3.05, 3.63) is 143 Å². The zero-order valence-electron chi connectivity index (χ0n) is 20.9. The Balaban J connectivity index is 1.55. The van der Waals surface area contributed by atoms with Crippen molar-refractivity contribution >= 4 is 11.5 Å². The van der Waals surface area contributed by atoms with Gasteiger partial charge in [0, 0.05) is 11.1 Å². The monoisotopic (exact) mass is 490 g/mol. The van der Waals surface area contributed by atoms with E-state index in [1.165, 1.54) is 5.56 Å². The molecule has 0 aliphatic heterocycles. The molecular formula is C33H30O4. The fourth-order valence-corrected chi connectivity index (χ4v) is 5.03. The number of esters is 1. The molecule has 5 rings (SSSR count). The largest absolute Gasteiger partial charge is 0.494 e. The van der Waals surface area contributed by atoms with Gasteiger partial charge in [0.15, 0.2) is 0 Å². The van der Waals surface area contributed by atoms with E-state index in [4.69, 9.17) is 9.47 Å². The molecule has 0 saturated carbocycles. The fourth-order valence-electron chi connectivity index (χ4n) is 5.03. The molecule has 0 aromatic heterocycles. The Labute approximate surface area is 217 Å². The Bertz CT molecular complexity index is 1390. The minimum Gasteiger partial charge on any atom is -0.494 e. The number of carbonyl (C=O) groups is 1. The van der Waals surface area contributed by atoms with Crippen LogP contribution in [-0.2, 0) is 21.6 Å². The average Bonchev–Trinajstić information content (AvgIpc) is 3.22. The maximum Gasteiger partial charge on any atom is 0.338 e. The van der Waals surface area contributed by atoms with Crippen LogP contribution in [0.5, 0.6) is 5.75 Å². The quantitative estimate of drug-likeness (QED) is 0.221. The lowest BCUT2D eigenvalue weighted by Crippen LogP contribution is -2.32. The van der Waals surface area contributed by atoms with Gasteiger partial charge in [0.05, 0.1) is 18.8 Å². The van der Waals surface area contributed by atoms with Gasteiger partial charge in [-0.2, -0.15) is 0 Å². The van der Waals surface area contributed by atoms with E-state index in [0.717, 1.165) is 24.0 Å².